The molecule has 0 amide bonds. The van der Waals surface area contributed by atoms with Crippen molar-refractivity contribution in [2.45, 2.75) is 6.92 Å². The molecular formula is C10H10N2OS. The van der Waals surface area contributed by atoms with Crippen LogP contribution in [0, 0.1) is 6.92 Å². The molecule has 0 aliphatic rings. The zero-order valence-corrected chi connectivity index (χ0v) is 8.52. The Hall–Kier alpha value is -1.55. The quantitative estimate of drug-likeness (QED) is 0.703. The van der Waals surface area contributed by atoms with Gasteiger partial charge in [-0.25, -0.2) is 0 Å². The van der Waals surface area contributed by atoms with Gasteiger partial charge < -0.3 is 15.5 Å². The molecular weight excluding hydrogens is 196 g/mol. The van der Waals surface area contributed by atoms with E-state index in [2.05, 4.69) is 5.32 Å². The molecule has 0 aliphatic heterocycles. The van der Waals surface area contributed by atoms with E-state index in [9.17, 15) is 0 Å². The maximum Gasteiger partial charge on any atom is 0.168 e. The molecule has 3 nitrogen and oxygen atoms in total. The molecule has 2 aromatic rings. The maximum atomic E-state index is 5.52. The van der Waals surface area contributed by atoms with Gasteiger partial charge in [-0.05, 0) is 31.3 Å². The molecule has 3 N–H and O–H groups in total. The van der Waals surface area contributed by atoms with Crippen LogP contribution in [0.15, 0.2) is 28.7 Å². The maximum absolute atomic E-state index is 5.52. The lowest BCUT2D eigenvalue weighted by Crippen LogP contribution is -2.18. The third kappa shape index (κ3) is 1.56. The first-order chi connectivity index (χ1) is 6.66. The summed E-state index contributed by atoms with van der Waals surface area (Å²) in [5.41, 5.74) is 7.00. The molecule has 14 heavy (non-hydrogen) atoms. The molecule has 1 aromatic heterocycles. The van der Waals surface area contributed by atoms with E-state index < -0.39 is 0 Å². The van der Waals surface area contributed by atoms with E-state index in [1.165, 1.54) is 0 Å². The number of benzene rings is 1. The molecule has 0 spiro atoms. The number of rotatable bonds is 1. The van der Waals surface area contributed by atoms with Crippen LogP contribution in [0.4, 0.5) is 5.69 Å². The molecule has 0 unspecified atom stereocenters. The van der Waals surface area contributed by atoms with E-state index in [0.29, 0.717) is 0 Å². The minimum absolute atomic E-state index is 0.242. The van der Waals surface area contributed by atoms with Gasteiger partial charge in [0.1, 0.15) is 5.76 Å². The Labute approximate surface area is 86.9 Å². The zero-order chi connectivity index (χ0) is 10.1. The van der Waals surface area contributed by atoms with Crippen LogP contribution in [0.25, 0.3) is 11.0 Å². The van der Waals surface area contributed by atoms with E-state index in [4.69, 9.17) is 22.4 Å². The average Bonchev–Trinajstić information content (AvgIpc) is 2.45. The van der Waals surface area contributed by atoms with Crippen LogP contribution in [0.2, 0.25) is 0 Å². The van der Waals surface area contributed by atoms with Gasteiger partial charge in [-0.2, -0.15) is 0 Å². The molecule has 72 valence electrons. The third-order valence-corrected chi connectivity index (χ3v) is 2.03. The van der Waals surface area contributed by atoms with E-state index in [0.717, 1.165) is 22.4 Å². The number of nitrogens with two attached hydrogens (primary N) is 1. The van der Waals surface area contributed by atoms with Crippen molar-refractivity contribution in [3.63, 3.8) is 0 Å². The Balaban J connectivity index is 2.58. The van der Waals surface area contributed by atoms with E-state index in [-0.39, 0.29) is 5.11 Å². The molecule has 0 bridgehead atoms. The van der Waals surface area contributed by atoms with Crippen molar-refractivity contribution in [3.8, 4) is 0 Å². The molecule has 0 radical (unpaired) electrons. The van der Waals surface area contributed by atoms with Gasteiger partial charge in [0, 0.05) is 5.39 Å². The van der Waals surface area contributed by atoms with Gasteiger partial charge in [0.05, 0.1) is 5.69 Å². The van der Waals surface area contributed by atoms with Gasteiger partial charge in [0.25, 0.3) is 0 Å². The Morgan fingerprint density at radius 3 is 3.00 bits per heavy atom. The van der Waals surface area contributed by atoms with Crippen LogP contribution < -0.4 is 11.1 Å². The highest BCUT2D eigenvalue weighted by Gasteiger charge is 2.05. The third-order valence-electron chi connectivity index (χ3n) is 1.93. The number of fused-ring (bicyclic) bond motifs is 1. The van der Waals surface area contributed by atoms with Crippen LogP contribution in [0.3, 0.4) is 0 Å². The SMILES string of the molecule is Cc1cc2cccc(NC(N)=S)c2o1. The Morgan fingerprint density at radius 2 is 2.29 bits per heavy atom. The first-order valence-electron chi connectivity index (χ1n) is 4.22. The fourth-order valence-electron chi connectivity index (χ4n) is 1.42. The van der Waals surface area contributed by atoms with Crippen LogP contribution in [-0.2, 0) is 0 Å². The van der Waals surface area contributed by atoms with E-state index >= 15 is 0 Å². The number of furan rings is 1. The molecule has 4 heteroatoms. The summed E-state index contributed by atoms with van der Waals surface area (Å²) in [6.45, 7) is 1.91. The van der Waals surface area contributed by atoms with Gasteiger partial charge in [-0.15, -0.1) is 0 Å². The monoisotopic (exact) mass is 206 g/mol. The first kappa shape index (κ1) is 9.02. The number of thiocarbonyl (C=S) groups is 1. The van der Waals surface area contributed by atoms with Gasteiger partial charge in [-0.3, -0.25) is 0 Å². The van der Waals surface area contributed by atoms with Crippen LogP contribution in [0.1, 0.15) is 5.76 Å². The Bertz CT molecular complexity index is 490. The number of hydrogen-bond acceptors (Lipinski definition) is 2. The Kier molecular flexibility index (Phi) is 2.13. The second-order valence-corrected chi connectivity index (χ2v) is 3.51. The minimum atomic E-state index is 0.242. The molecule has 0 saturated carbocycles. The van der Waals surface area contributed by atoms with Crippen molar-refractivity contribution in [2.75, 3.05) is 5.32 Å². The number of aryl methyl sites for hydroxylation is 1. The summed E-state index contributed by atoms with van der Waals surface area (Å²) < 4.78 is 5.52. The highest BCUT2D eigenvalue weighted by molar-refractivity contribution is 7.80. The lowest BCUT2D eigenvalue weighted by molar-refractivity contribution is 0.579. The van der Waals surface area contributed by atoms with Crippen molar-refractivity contribution >= 4 is 34.0 Å². The molecule has 0 atom stereocenters. The molecule has 2 rings (SSSR count). The lowest BCUT2D eigenvalue weighted by Gasteiger charge is -2.03. The zero-order valence-electron chi connectivity index (χ0n) is 7.70. The number of nitrogens with one attached hydrogen (secondary N) is 1. The summed E-state index contributed by atoms with van der Waals surface area (Å²) in [7, 11) is 0. The number of hydrogen-bond donors (Lipinski definition) is 2. The van der Waals surface area contributed by atoms with Crippen LogP contribution in [0.5, 0.6) is 0 Å². The summed E-state index contributed by atoms with van der Waals surface area (Å²) in [5.74, 6) is 0.872. The first-order valence-corrected chi connectivity index (χ1v) is 4.63. The number of anilines is 1. The normalized spacial score (nSPS) is 10.4. The van der Waals surface area contributed by atoms with Crippen molar-refractivity contribution in [1.29, 1.82) is 0 Å². The fraction of sp³-hybridized carbons (Fsp3) is 0.100. The second kappa shape index (κ2) is 3.31. The van der Waals surface area contributed by atoms with Gasteiger partial charge in [0.15, 0.2) is 10.7 Å². The summed E-state index contributed by atoms with van der Waals surface area (Å²) in [6, 6.07) is 7.76. The lowest BCUT2D eigenvalue weighted by atomic mass is 10.2. The van der Waals surface area contributed by atoms with Crippen molar-refractivity contribution < 1.29 is 4.42 Å². The van der Waals surface area contributed by atoms with Gasteiger partial charge in [0.2, 0.25) is 0 Å². The summed E-state index contributed by atoms with van der Waals surface area (Å²) in [4.78, 5) is 0. The molecule has 0 saturated heterocycles. The highest BCUT2D eigenvalue weighted by atomic mass is 32.1. The fourth-order valence-corrected chi connectivity index (χ4v) is 1.53. The van der Waals surface area contributed by atoms with E-state index in [1.807, 2.05) is 31.2 Å². The van der Waals surface area contributed by atoms with Crippen molar-refractivity contribution in [1.82, 2.24) is 0 Å². The summed E-state index contributed by atoms with van der Waals surface area (Å²) >= 11 is 4.77. The predicted molar refractivity (Wildman–Crippen MR) is 61.4 cm³/mol. The predicted octanol–water partition coefficient (Wildman–Crippen LogP) is 2.40. The number of para-hydroxylation sites is 1. The standard InChI is InChI=1S/C10H10N2OS/c1-6-5-7-3-2-4-8(9(7)13-6)12-10(11)14/h2-5H,1H3,(H3,11,12,14). The molecule has 0 fully saturated rings. The van der Waals surface area contributed by atoms with Crippen LogP contribution in [-0.4, -0.2) is 5.11 Å². The van der Waals surface area contributed by atoms with Crippen LogP contribution >= 0.6 is 12.2 Å². The average molecular weight is 206 g/mol. The molecule has 1 aromatic carbocycles. The van der Waals surface area contributed by atoms with Crippen molar-refractivity contribution in [3.05, 3.63) is 30.0 Å². The highest BCUT2D eigenvalue weighted by Crippen LogP contribution is 2.26. The van der Waals surface area contributed by atoms with Gasteiger partial charge in [-0.1, -0.05) is 12.1 Å². The van der Waals surface area contributed by atoms with Crippen molar-refractivity contribution in [2.24, 2.45) is 5.73 Å². The topological polar surface area (TPSA) is 51.2 Å². The minimum Gasteiger partial charge on any atom is -0.459 e. The smallest absolute Gasteiger partial charge is 0.168 e. The second-order valence-electron chi connectivity index (χ2n) is 3.07. The van der Waals surface area contributed by atoms with E-state index in [1.54, 1.807) is 0 Å². The molecule has 0 aliphatic carbocycles. The Morgan fingerprint density at radius 1 is 1.50 bits per heavy atom. The summed E-state index contributed by atoms with van der Waals surface area (Å²) in [6.07, 6.45) is 0. The summed E-state index contributed by atoms with van der Waals surface area (Å²) in [5, 5.41) is 4.16. The van der Waals surface area contributed by atoms with Gasteiger partial charge >= 0.3 is 0 Å². The largest absolute Gasteiger partial charge is 0.459 e. The molecule has 1 heterocycles.